The Morgan fingerprint density at radius 2 is 1.69 bits per heavy atom. The lowest BCUT2D eigenvalue weighted by molar-refractivity contribution is 0.0994. The van der Waals surface area contributed by atoms with Crippen molar-refractivity contribution in [1.29, 1.82) is 0 Å². The van der Waals surface area contributed by atoms with Gasteiger partial charge in [0.1, 0.15) is 18.0 Å². The Kier molecular flexibility index (Phi) is 6.47. The number of carbonyl (C=O) groups excluding carboxylic acids is 1. The second-order valence-corrected chi connectivity index (χ2v) is 7.66. The molecule has 0 radical (unpaired) electrons. The number of aliphatic imine (C=N–C) groups is 1. The van der Waals surface area contributed by atoms with Gasteiger partial charge in [-0.3, -0.25) is 9.79 Å². The van der Waals surface area contributed by atoms with E-state index in [0.29, 0.717) is 16.4 Å². The highest BCUT2D eigenvalue weighted by Crippen LogP contribution is 2.24. The van der Waals surface area contributed by atoms with E-state index in [1.807, 2.05) is 91.9 Å². The summed E-state index contributed by atoms with van der Waals surface area (Å²) in [7, 11) is 1.63. The number of hydrogen-bond donors (Lipinski definition) is 0. The number of halogens is 1. The molecule has 6 heteroatoms. The maximum absolute atomic E-state index is 13.2. The molecular weight excluding hydrogens is 422 g/mol. The molecule has 0 amide bonds. The van der Waals surface area contributed by atoms with Gasteiger partial charge in [-0.15, -0.1) is 0 Å². The first-order chi connectivity index (χ1) is 15.5. The molecule has 0 bridgehead atoms. The van der Waals surface area contributed by atoms with Gasteiger partial charge in [-0.05, 0) is 67.1 Å². The minimum Gasteiger partial charge on any atom is -0.497 e. The molecule has 5 nitrogen and oxygen atoms in total. The zero-order valence-electron chi connectivity index (χ0n) is 17.8. The van der Waals surface area contributed by atoms with Crippen molar-refractivity contribution in [3.05, 3.63) is 101 Å². The maximum Gasteiger partial charge on any atom is 0.202 e. The van der Waals surface area contributed by atoms with Crippen LogP contribution in [0.5, 0.6) is 5.75 Å². The van der Waals surface area contributed by atoms with Gasteiger partial charge in [-0.2, -0.15) is 5.10 Å². The molecule has 160 valence electrons. The van der Waals surface area contributed by atoms with Crippen molar-refractivity contribution in [1.82, 2.24) is 9.78 Å². The molecular formula is C26H22ClN3O2. The van der Waals surface area contributed by atoms with E-state index >= 15 is 0 Å². The van der Waals surface area contributed by atoms with Gasteiger partial charge in [0.2, 0.25) is 5.78 Å². The second-order valence-electron chi connectivity index (χ2n) is 7.22. The van der Waals surface area contributed by atoms with Gasteiger partial charge in [0.15, 0.2) is 0 Å². The third-order valence-electron chi connectivity index (χ3n) is 5.10. The quantitative estimate of drug-likeness (QED) is 0.264. The minimum atomic E-state index is -0.116. The van der Waals surface area contributed by atoms with Gasteiger partial charge in [0.25, 0.3) is 0 Å². The van der Waals surface area contributed by atoms with Crippen molar-refractivity contribution >= 4 is 23.1 Å². The number of hydrogen-bond acceptors (Lipinski definition) is 4. The number of ether oxygens (including phenoxy) is 1. The maximum atomic E-state index is 13.2. The number of para-hydroxylation sites is 1. The second kappa shape index (κ2) is 9.62. The predicted octanol–water partition coefficient (Wildman–Crippen LogP) is 5.89. The van der Waals surface area contributed by atoms with E-state index in [9.17, 15) is 4.79 Å². The molecule has 0 N–H and O–H groups in total. The van der Waals surface area contributed by atoms with Crippen molar-refractivity contribution in [2.24, 2.45) is 4.99 Å². The zero-order chi connectivity index (χ0) is 22.5. The fourth-order valence-corrected chi connectivity index (χ4v) is 3.43. The molecule has 4 aromatic rings. The van der Waals surface area contributed by atoms with Crippen molar-refractivity contribution in [2.75, 3.05) is 13.7 Å². The first kappa shape index (κ1) is 21.5. The van der Waals surface area contributed by atoms with E-state index in [4.69, 9.17) is 21.4 Å². The van der Waals surface area contributed by atoms with Crippen molar-refractivity contribution in [2.45, 2.75) is 6.92 Å². The lowest BCUT2D eigenvalue weighted by Crippen LogP contribution is -2.12. The van der Waals surface area contributed by atoms with Crippen molar-refractivity contribution in [3.8, 4) is 22.7 Å². The summed E-state index contributed by atoms with van der Waals surface area (Å²) < 4.78 is 6.91. The third-order valence-corrected chi connectivity index (χ3v) is 5.36. The normalized spacial score (nSPS) is 11.4. The Labute approximate surface area is 192 Å². The first-order valence-electron chi connectivity index (χ1n) is 10.2. The smallest absolute Gasteiger partial charge is 0.202 e. The zero-order valence-corrected chi connectivity index (χ0v) is 18.6. The average molecular weight is 444 g/mol. The number of aromatic nitrogens is 2. The highest BCUT2D eigenvalue weighted by atomic mass is 35.5. The van der Waals surface area contributed by atoms with Crippen LogP contribution < -0.4 is 4.74 Å². The number of rotatable bonds is 7. The SMILES string of the molecule is COc1ccc(-c2cc(C(=O)CN=C(C)c3ccc(Cl)cc3)n(-c3ccccc3)n2)cc1. The summed E-state index contributed by atoms with van der Waals surface area (Å²) in [6, 6.07) is 26.4. The Morgan fingerprint density at radius 1 is 1.00 bits per heavy atom. The molecule has 0 aliphatic heterocycles. The van der Waals surface area contributed by atoms with E-state index in [0.717, 1.165) is 28.3 Å². The van der Waals surface area contributed by atoms with E-state index < -0.39 is 0 Å². The lowest BCUT2D eigenvalue weighted by Gasteiger charge is -2.06. The highest BCUT2D eigenvalue weighted by molar-refractivity contribution is 6.30. The molecule has 1 heterocycles. The van der Waals surface area contributed by atoms with Crippen LogP contribution in [0, 0.1) is 0 Å². The number of nitrogens with zero attached hydrogens (tertiary/aromatic N) is 3. The van der Waals surface area contributed by atoms with E-state index in [-0.39, 0.29) is 12.3 Å². The number of ketones is 1. The van der Waals surface area contributed by atoms with Crippen LogP contribution in [-0.4, -0.2) is 34.9 Å². The standard InChI is InChI=1S/C26H22ClN3O2/c1-18(19-8-12-21(27)13-9-19)28-17-26(31)25-16-24(20-10-14-23(32-2)15-11-20)29-30(25)22-6-4-3-5-7-22/h3-16H,17H2,1-2H3. The fraction of sp³-hybridized carbons (Fsp3) is 0.115. The largest absolute Gasteiger partial charge is 0.497 e. The summed E-state index contributed by atoms with van der Waals surface area (Å²) >= 11 is 5.96. The third kappa shape index (κ3) is 4.79. The van der Waals surface area contributed by atoms with Gasteiger partial charge in [0, 0.05) is 16.3 Å². The van der Waals surface area contributed by atoms with Gasteiger partial charge in [0.05, 0.1) is 18.5 Å². The average Bonchev–Trinajstić information content (AvgIpc) is 3.29. The van der Waals surface area contributed by atoms with Gasteiger partial charge < -0.3 is 4.74 Å². The summed E-state index contributed by atoms with van der Waals surface area (Å²) in [5.41, 5.74) is 4.60. The predicted molar refractivity (Wildman–Crippen MR) is 128 cm³/mol. The molecule has 0 saturated heterocycles. The van der Waals surface area contributed by atoms with E-state index in [2.05, 4.69) is 4.99 Å². The van der Waals surface area contributed by atoms with Gasteiger partial charge in [-0.1, -0.05) is 41.9 Å². The number of Topliss-reactive ketones (excluding diaryl/α,β-unsaturated/α-hetero) is 1. The fourth-order valence-electron chi connectivity index (χ4n) is 3.30. The van der Waals surface area contributed by atoms with Crippen LogP contribution in [0.25, 0.3) is 16.9 Å². The van der Waals surface area contributed by atoms with Crippen LogP contribution in [0.15, 0.2) is 89.9 Å². The highest BCUT2D eigenvalue weighted by Gasteiger charge is 2.17. The van der Waals surface area contributed by atoms with E-state index in [1.54, 1.807) is 11.8 Å². The molecule has 0 atom stereocenters. The van der Waals surface area contributed by atoms with Crippen LogP contribution in [0.1, 0.15) is 23.0 Å². The molecule has 0 unspecified atom stereocenters. The Hall–Kier alpha value is -3.70. The lowest BCUT2D eigenvalue weighted by atomic mass is 10.1. The summed E-state index contributed by atoms with van der Waals surface area (Å²) in [4.78, 5) is 17.7. The molecule has 3 aromatic carbocycles. The summed E-state index contributed by atoms with van der Waals surface area (Å²) in [5.74, 6) is 0.647. The Balaban J connectivity index is 1.66. The van der Waals surface area contributed by atoms with Crippen molar-refractivity contribution in [3.63, 3.8) is 0 Å². The van der Waals surface area contributed by atoms with E-state index in [1.165, 1.54) is 0 Å². The summed E-state index contributed by atoms with van der Waals surface area (Å²) in [6.07, 6.45) is 0. The summed E-state index contributed by atoms with van der Waals surface area (Å²) in [6.45, 7) is 1.91. The molecule has 0 aliphatic carbocycles. The molecule has 32 heavy (non-hydrogen) atoms. The van der Waals surface area contributed by atoms with Crippen molar-refractivity contribution < 1.29 is 9.53 Å². The topological polar surface area (TPSA) is 56.5 Å². The Bertz CT molecular complexity index is 1240. The molecule has 1 aromatic heterocycles. The molecule has 0 spiro atoms. The number of carbonyl (C=O) groups is 1. The molecule has 0 saturated carbocycles. The monoisotopic (exact) mass is 443 g/mol. The van der Waals surface area contributed by atoms with Gasteiger partial charge in [-0.25, -0.2) is 4.68 Å². The Morgan fingerprint density at radius 3 is 2.34 bits per heavy atom. The van der Waals surface area contributed by atoms with Crippen LogP contribution in [0.4, 0.5) is 0 Å². The van der Waals surface area contributed by atoms with Gasteiger partial charge >= 0.3 is 0 Å². The summed E-state index contributed by atoms with van der Waals surface area (Å²) in [5, 5.41) is 5.38. The van der Waals surface area contributed by atoms with Crippen LogP contribution in [0.3, 0.4) is 0 Å². The molecule has 0 fully saturated rings. The van der Waals surface area contributed by atoms with Crippen LogP contribution in [0.2, 0.25) is 5.02 Å². The van der Waals surface area contributed by atoms with Crippen LogP contribution >= 0.6 is 11.6 Å². The molecule has 0 aliphatic rings. The first-order valence-corrected chi connectivity index (χ1v) is 10.5. The van der Waals surface area contributed by atoms with Crippen LogP contribution in [-0.2, 0) is 0 Å². The minimum absolute atomic E-state index is 0.0229. The number of methoxy groups -OCH3 is 1. The number of benzene rings is 3. The molecule has 4 rings (SSSR count).